The van der Waals surface area contributed by atoms with E-state index in [9.17, 15) is 4.79 Å². The highest BCUT2D eigenvalue weighted by atomic mass is 35.5. The van der Waals surface area contributed by atoms with E-state index < -0.39 is 6.04 Å². The lowest BCUT2D eigenvalue weighted by atomic mass is 9.99. The zero-order valence-electron chi connectivity index (χ0n) is 10.7. The van der Waals surface area contributed by atoms with E-state index >= 15 is 0 Å². The van der Waals surface area contributed by atoms with Gasteiger partial charge in [-0.1, -0.05) is 60.7 Å². The molecule has 0 radical (unpaired) electrons. The molecule has 0 saturated carbocycles. The van der Waals surface area contributed by atoms with Gasteiger partial charge in [0.2, 0.25) is 0 Å². The van der Waals surface area contributed by atoms with Gasteiger partial charge in [0.05, 0.1) is 6.04 Å². The first-order valence-corrected chi connectivity index (χ1v) is 6.12. The number of carbonyl (C=O) groups excluding carboxylic acids is 1. The number of hydrogen-bond donors (Lipinski definition) is 1. The minimum Gasteiger partial charge on any atom is -0.321 e. The van der Waals surface area contributed by atoms with Crippen molar-refractivity contribution in [2.45, 2.75) is 18.9 Å². The fourth-order valence-electron chi connectivity index (χ4n) is 1.91. The molecule has 1 atom stereocenters. The highest BCUT2D eigenvalue weighted by Crippen LogP contribution is 2.06. The van der Waals surface area contributed by atoms with Gasteiger partial charge in [-0.05, 0) is 17.5 Å². The molecule has 2 N–H and O–H groups in total. The lowest BCUT2D eigenvalue weighted by Gasteiger charge is -2.10. The number of ketones is 1. The molecule has 3 heteroatoms. The van der Waals surface area contributed by atoms with Crippen LogP contribution in [0.4, 0.5) is 0 Å². The molecule has 2 rings (SSSR count). The summed E-state index contributed by atoms with van der Waals surface area (Å²) in [7, 11) is 0. The predicted octanol–water partition coefficient (Wildman–Crippen LogP) is 2.79. The van der Waals surface area contributed by atoms with Crippen molar-refractivity contribution in [2.24, 2.45) is 5.73 Å². The predicted molar refractivity (Wildman–Crippen MR) is 80.5 cm³/mol. The van der Waals surface area contributed by atoms with Gasteiger partial charge in [-0.15, -0.1) is 12.4 Å². The maximum Gasteiger partial charge on any atom is 0.154 e. The van der Waals surface area contributed by atoms with Crippen molar-refractivity contribution >= 4 is 18.2 Å². The molecule has 0 amide bonds. The van der Waals surface area contributed by atoms with Crippen molar-refractivity contribution < 1.29 is 4.79 Å². The Morgan fingerprint density at radius 3 is 1.89 bits per heavy atom. The molecule has 19 heavy (non-hydrogen) atoms. The summed E-state index contributed by atoms with van der Waals surface area (Å²) >= 11 is 0. The fraction of sp³-hybridized carbons (Fsp3) is 0.188. The summed E-state index contributed by atoms with van der Waals surface area (Å²) in [6.45, 7) is 0. The van der Waals surface area contributed by atoms with Crippen LogP contribution in [0, 0.1) is 0 Å². The van der Waals surface area contributed by atoms with Gasteiger partial charge in [-0.3, -0.25) is 4.79 Å². The molecule has 0 aliphatic carbocycles. The van der Waals surface area contributed by atoms with Gasteiger partial charge in [-0.25, -0.2) is 0 Å². The van der Waals surface area contributed by atoms with E-state index in [2.05, 4.69) is 0 Å². The van der Waals surface area contributed by atoms with Crippen LogP contribution >= 0.6 is 12.4 Å². The SMILES string of the molecule is Cl.N[C@@H](Cc1ccccc1)C(=O)Cc1ccccc1. The number of nitrogens with two attached hydrogens (primary N) is 1. The van der Waals surface area contributed by atoms with E-state index in [1.54, 1.807) is 0 Å². The van der Waals surface area contributed by atoms with Crippen molar-refractivity contribution in [3.05, 3.63) is 71.8 Å². The van der Waals surface area contributed by atoms with Crippen LogP contribution in [-0.2, 0) is 17.6 Å². The van der Waals surface area contributed by atoms with E-state index in [0.717, 1.165) is 11.1 Å². The van der Waals surface area contributed by atoms with E-state index in [1.807, 2.05) is 60.7 Å². The van der Waals surface area contributed by atoms with Gasteiger partial charge in [0.25, 0.3) is 0 Å². The zero-order valence-corrected chi connectivity index (χ0v) is 11.5. The van der Waals surface area contributed by atoms with Crippen molar-refractivity contribution in [3.63, 3.8) is 0 Å². The monoisotopic (exact) mass is 275 g/mol. The molecule has 0 saturated heterocycles. The first-order valence-electron chi connectivity index (χ1n) is 6.12. The topological polar surface area (TPSA) is 43.1 Å². The van der Waals surface area contributed by atoms with Crippen molar-refractivity contribution in [2.75, 3.05) is 0 Å². The third kappa shape index (κ3) is 4.86. The highest BCUT2D eigenvalue weighted by molar-refractivity contribution is 5.86. The Morgan fingerprint density at radius 2 is 1.37 bits per heavy atom. The Kier molecular flexibility index (Phi) is 6.26. The Labute approximate surface area is 120 Å². The van der Waals surface area contributed by atoms with Gasteiger partial charge in [0, 0.05) is 6.42 Å². The van der Waals surface area contributed by atoms with Gasteiger partial charge in [-0.2, -0.15) is 0 Å². The van der Waals surface area contributed by atoms with Crippen LogP contribution in [0.25, 0.3) is 0 Å². The Hall–Kier alpha value is -1.64. The Morgan fingerprint density at radius 1 is 0.895 bits per heavy atom. The molecular weight excluding hydrogens is 258 g/mol. The summed E-state index contributed by atoms with van der Waals surface area (Å²) in [5.74, 6) is 0.0880. The normalized spacial score (nSPS) is 11.4. The third-order valence-corrected chi connectivity index (χ3v) is 2.93. The van der Waals surface area contributed by atoms with Crippen LogP contribution < -0.4 is 5.73 Å². The molecular formula is C16H18ClNO. The number of hydrogen-bond acceptors (Lipinski definition) is 2. The first-order chi connectivity index (χ1) is 8.75. The van der Waals surface area contributed by atoms with Crippen molar-refractivity contribution in [1.29, 1.82) is 0 Å². The van der Waals surface area contributed by atoms with Gasteiger partial charge >= 0.3 is 0 Å². The fourth-order valence-corrected chi connectivity index (χ4v) is 1.91. The van der Waals surface area contributed by atoms with E-state index in [0.29, 0.717) is 12.8 Å². The average molecular weight is 276 g/mol. The lowest BCUT2D eigenvalue weighted by Crippen LogP contribution is -2.33. The minimum atomic E-state index is -0.424. The molecule has 2 aromatic carbocycles. The maximum atomic E-state index is 12.0. The summed E-state index contributed by atoms with van der Waals surface area (Å²) in [5.41, 5.74) is 8.07. The summed E-state index contributed by atoms with van der Waals surface area (Å²) in [4.78, 5) is 12.0. The summed E-state index contributed by atoms with van der Waals surface area (Å²) in [5, 5.41) is 0. The van der Waals surface area contributed by atoms with Crippen LogP contribution in [0.15, 0.2) is 60.7 Å². The number of benzene rings is 2. The number of rotatable bonds is 5. The quantitative estimate of drug-likeness (QED) is 0.912. The van der Waals surface area contributed by atoms with Crippen LogP contribution in [0.5, 0.6) is 0 Å². The van der Waals surface area contributed by atoms with E-state index in [1.165, 1.54) is 0 Å². The van der Waals surface area contributed by atoms with Crippen LogP contribution in [0.3, 0.4) is 0 Å². The Bertz CT molecular complexity index is 499. The summed E-state index contributed by atoms with van der Waals surface area (Å²) < 4.78 is 0. The Balaban J connectivity index is 0.00000180. The maximum absolute atomic E-state index is 12.0. The van der Waals surface area contributed by atoms with Gasteiger partial charge in [0.1, 0.15) is 0 Å². The molecule has 0 spiro atoms. The molecule has 2 aromatic rings. The molecule has 0 aliphatic heterocycles. The second kappa shape index (κ2) is 7.72. The molecule has 100 valence electrons. The largest absolute Gasteiger partial charge is 0.321 e. The van der Waals surface area contributed by atoms with E-state index in [-0.39, 0.29) is 18.2 Å². The summed E-state index contributed by atoms with van der Waals surface area (Å²) in [6.07, 6.45) is 1.02. The van der Waals surface area contributed by atoms with Crippen molar-refractivity contribution in [1.82, 2.24) is 0 Å². The van der Waals surface area contributed by atoms with Gasteiger partial charge in [0.15, 0.2) is 5.78 Å². The molecule has 0 bridgehead atoms. The van der Waals surface area contributed by atoms with Crippen LogP contribution in [-0.4, -0.2) is 11.8 Å². The standard InChI is InChI=1S/C16H17NO.ClH/c17-15(11-13-7-3-1-4-8-13)16(18)12-14-9-5-2-6-10-14;/h1-10,15H,11-12,17H2;1H/t15-;/m0./s1. The van der Waals surface area contributed by atoms with E-state index in [4.69, 9.17) is 5.73 Å². The smallest absolute Gasteiger partial charge is 0.154 e. The lowest BCUT2D eigenvalue weighted by molar-refractivity contribution is -0.119. The first kappa shape index (κ1) is 15.4. The highest BCUT2D eigenvalue weighted by Gasteiger charge is 2.14. The second-order valence-corrected chi connectivity index (χ2v) is 4.42. The molecule has 0 unspecified atom stereocenters. The average Bonchev–Trinajstić information content (AvgIpc) is 2.41. The molecule has 0 heterocycles. The third-order valence-electron chi connectivity index (χ3n) is 2.93. The number of Topliss-reactive ketones (excluding diaryl/α,β-unsaturated/α-hetero) is 1. The molecule has 0 fully saturated rings. The van der Waals surface area contributed by atoms with Crippen LogP contribution in [0.1, 0.15) is 11.1 Å². The second-order valence-electron chi connectivity index (χ2n) is 4.42. The van der Waals surface area contributed by atoms with Crippen molar-refractivity contribution in [3.8, 4) is 0 Å². The number of carbonyl (C=O) groups is 1. The summed E-state index contributed by atoms with van der Waals surface area (Å²) in [6, 6.07) is 19.2. The molecule has 2 nitrogen and oxygen atoms in total. The molecule has 0 aliphatic rings. The van der Waals surface area contributed by atoms with Crippen LogP contribution in [0.2, 0.25) is 0 Å². The zero-order chi connectivity index (χ0) is 12.8. The molecule has 0 aromatic heterocycles. The van der Waals surface area contributed by atoms with Gasteiger partial charge < -0.3 is 5.73 Å². The minimum absolute atomic E-state index is 0. The number of halogens is 1.